The maximum absolute atomic E-state index is 9.25. The number of fused-ring (bicyclic) bond motifs is 5. The molecule has 0 spiro atoms. The molecule has 0 atom stereocenters. The van der Waals surface area contributed by atoms with Crippen molar-refractivity contribution in [3.8, 4) is 44.5 Å². The van der Waals surface area contributed by atoms with Crippen molar-refractivity contribution >= 4 is 43.5 Å². The summed E-state index contributed by atoms with van der Waals surface area (Å²) in [5.74, 6) is 0. The molecule has 0 N–H and O–H groups in total. The average Bonchev–Trinajstić information content (AvgIpc) is 3.52. The molecule has 0 aliphatic heterocycles. The largest absolute Gasteiger partial charge is 0.456 e. The molecular formula is C44H28O. The molecule has 9 rings (SSSR count). The van der Waals surface area contributed by atoms with E-state index in [1.165, 1.54) is 0 Å². The molecule has 210 valence electrons. The van der Waals surface area contributed by atoms with Gasteiger partial charge in [0.1, 0.15) is 11.2 Å². The van der Waals surface area contributed by atoms with E-state index in [1.807, 2.05) is 91.0 Å². The monoisotopic (exact) mass is 576 g/mol. The van der Waals surface area contributed by atoms with Crippen molar-refractivity contribution in [2.45, 2.75) is 0 Å². The van der Waals surface area contributed by atoms with E-state index in [9.17, 15) is 2.74 Å². The molecule has 8 aromatic carbocycles. The van der Waals surface area contributed by atoms with Crippen LogP contribution in [0.3, 0.4) is 0 Å². The molecule has 1 aromatic heterocycles. The summed E-state index contributed by atoms with van der Waals surface area (Å²) in [5, 5.41) is 5.88. The first-order chi connectivity index (χ1) is 24.0. The van der Waals surface area contributed by atoms with E-state index in [0.29, 0.717) is 22.3 Å². The molecule has 0 aliphatic carbocycles. The molecule has 0 saturated carbocycles. The van der Waals surface area contributed by atoms with Gasteiger partial charge in [-0.1, -0.05) is 145 Å². The molecule has 1 heterocycles. The lowest BCUT2D eigenvalue weighted by Gasteiger charge is -2.18. The Bertz CT molecular complexity index is 2680. The molecule has 0 fully saturated rings. The number of rotatable bonds is 4. The van der Waals surface area contributed by atoms with Gasteiger partial charge in [0.15, 0.2) is 0 Å². The fourth-order valence-corrected chi connectivity index (χ4v) is 6.66. The summed E-state index contributed by atoms with van der Waals surface area (Å²) < 4.78 is 42.7. The number of para-hydroxylation sites is 1. The molecule has 0 amide bonds. The molecule has 1 nitrogen and oxygen atoms in total. The first-order valence-electron chi connectivity index (χ1n) is 17.1. The van der Waals surface area contributed by atoms with Crippen LogP contribution in [-0.2, 0) is 0 Å². The number of furan rings is 1. The molecule has 45 heavy (non-hydrogen) atoms. The molecule has 0 unspecified atom stereocenters. The second-order valence-electron chi connectivity index (χ2n) is 11.3. The first-order valence-corrected chi connectivity index (χ1v) is 15.1. The maximum Gasteiger partial charge on any atom is 0.135 e. The van der Waals surface area contributed by atoms with Crippen LogP contribution in [0.25, 0.3) is 88.0 Å². The lowest BCUT2D eigenvalue weighted by atomic mass is 9.85. The molecule has 0 bridgehead atoms. The van der Waals surface area contributed by atoms with E-state index in [1.54, 1.807) is 0 Å². The molecule has 1 heteroatoms. The van der Waals surface area contributed by atoms with E-state index in [4.69, 9.17) is 7.16 Å². The van der Waals surface area contributed by atoms with Crippen LogP contribution in [-0.4, -0.2) is 0 Å². The number of hydrogen-bond acceptors (Lipinski definition) is 1. The topological polar surface area (TPSA) is 13.1 Å². The fourth-order valence-electron chi connectivity index (χ4n) is 6.66. The summed E-state index contributed by atoms with van der Waals surface area (Å²) in [4.78, 5) is 0. The van der Waals surface area contributed by atoms with Crippen LogP contribution >= 0.6 is 0 Å². The minimum absolute atomic E-state index is 0.0468. The quantitative estimate of drug-likeness (QED) is 0.190. The van der Waals surface area contributed by atoms with E-state index < -0.39 is 0 Å². The van der Waals surface area contributed by atoms with Crippen molar-refractivity contribution < 1.29 is 9.90 Å². The first kappa shape index (κ1) is 21.7. The third kappa shape index (κ3) is 4.24. The van der Waals surface area contributed by atoms with E-state index >= 15 is 0 Å². The normalized spacial score (nSPS) is 12.8. The van der Waals surface area contributed by atoms with E-state index in [-0.39, 0.29) is 24.2 Å². The lowest BCUT2D eigenvalue weighted by molar-refractivity contribution is 0.669. The summed E-state index contributed by atoms with van der Waals surface area (Å²) in [7, 11) is 0. The Kier molecular flexibility index (Phi) is 5.00. The van der Waals surface area contributed by atoms with Gasteiger partial charge in [-0.15, -0.1) is 0 Å². The van der Waals surface area contributed by atoms with Gasteiger partial charge in [-0.25, -0.2) is 0 Å². The Hall–Kier alpha value is -5.92. The standard InChI is InChI=1S/C44H28O/c1-2-11-29(12-3-1)30-21-23-31(24-22-30)43-36-16-4-6-18-38(36)44(39-19-7-5-17-37(39)43)34-14-10-13-32(27-34)33-25-26-42-40(28-33)35-15-8-9-20-41(35)45-42/h1-28H/i21D,22D,23D,24D. The highest BCUT2D eigenvalue weighted by Gasteiger charge is 2.17. The Morgan fingerprint density at radius 1 is 0.311 bits per heavy atom. The smallest absolute Gasteiger partial charge is 0.135 e. The van der Waals surface area contributed by atoms with Crippen molar-refractivity contribution in [1.82, 2.24) is 0 Å². The Morgan fingerprint density at radius 3 is 1.49 bits per heavy atom. The molecule has 9 aromatic rings. The minimum Gasteiger partial charge on any atom is -0.456 e. The predicted octanol–water partition coefficient (Wildman–Crippen LogP) is 12.6. The Labute approximate surface area is 267 Å². The van der Waals surface area contributed by atoms with E-state index in [0.717, 1.165) is 65.7 Å². The van der Waals surface area contributed by atoms with Crippen LogP contribution in [0.5, 0.6) is 0 Å². The van der Waals surface area contributed by atoms with Crippen molar-refractivity contribution in [1.29, 1.82) is 0 Å². The van der Waals surface area contributed by atoms with Crippen molar-refractivity contribution in [2.24, 2.45) is 0 Å². The Balaban J connectivity index is 1.29. The third-order valence-electron chi connectivity index (χ3n) is 8.73. The second-order valence-corrected chi connectivity index (χ2v) is 11.3. The van der Waals surface area contributed by atoms with Gasteiger partial charge in [-0.2, -0.15) is 0 Å². The van der Waals surface area contributed by atoms with Crippen LogP contribution in [0.15, 0.2) is 174 Å². The van der Waals surface area contributed by atoms with Gasteiger partial charge in [0, 0.05) is 10.8 Å². The van der Waals surface area contributed by atoms with Gasteiger partial charge in [0.25, 0.3) is 0 Å². The number of hydrogen-bond donors (Lipinski definition) is 0. The highest BCUT2D eigenvalue weighted by Crippen LogP contribution is 2.44. The van der Waals surface area contributed by atoms with Crippen LogP contribution in [0, 0.1) is 0 Å². The zero-order valence-corrected chi connectivity index (χ0v) is 24.3. The third-order valence-corrected chi connectivity index (χ3v) is 8.73. The zero-order valence-electron chi connectivity index (χ0n) is 28.3. The van der Waals surface area contributed by atoms with Gasteiger partial charge in [-0.3, -0.25) is 0 Å². The van der Waals surface area contributed by atoms with Crippen molar-refractivity contribution in [3.05, 3.63) is 170 Å². The highest BCUT2D eigenvalue weighted by molar-refractivity contribution is 6.21. The summed E-state index contributed by atoms with van der Waals surface area (Å²) in [6.07, 6.45) is 0. The molecular weight excluding hydrogens is 544 g/mol. The molecule has 0 radical (unpaired) electrons. The maximum atomic E-state index is 9.25. The SMILES string of the molecule is [2H]c1c([2H])c(-c2c3ccccc3c(-c3cccc(-c4ccc5oc6ccccc6c5c4)c3)c3ccccc23)c([2H])c([2H])c1-c1ccccc1. The fraction of sp³-hybridized carbons (Fsp3) is 0. The van der Waals surface area contributed by atoms with Crippen LogP contribution in [0.2, 0.25) is 0 Å². The minimum atomic E-state index is -0.0490. The average molecular weight is 577 g/mol. The van der Waals surface area contributed by atoms with Crippen molar-refractivity contribution in [3.63, 3.8) is 0 Å². The van der Waals surface area contributed by atoms with Gasteiger partial charge < -0.3 is 4.42 Å². The predicted molar refractivity (Wildman–Crippen MR) is 190 cm³/mol. The van der Waals surface area contributed by atoms with Gasteiger partial charge >= 0.3 is 0 Å². The van der Waals surface area contributed by atoms with Gasteiger partial charge in [-0.05, 0) is 90.3 Å². The Morgan fingerprint density at radius 2 is 0.800 bits per heavy atom. The summed E-state index contributed by atoms with van der Waals surface area (Å²) in [5.41, 5.74) is 8.00. The van der Waals surface area contributed by atoms with Crippen LogP contribution in [0.1, 0.15) is 5.48 Å². The van der Waals surface area contributed by atoms with Gasteiger partial charge in [0.05, 0.1) is 5.48 Å². The summed E-state index contributed by atoms with van der Waals surface area (Å²) >= 11 is 0. The van der Waals surface area contributed by atoms with Crippen LogP contribution < -0.4 is 0 Å². The molecule has 0 saturated heterocycles. The second kappa shape index (κ2) is 10.4. The number of benzene rings is 8. The van der Waals surface area contributed by atoms with Gasteiger partial charge in [0.2, 0.25) is 0 Å². The summed E-state index contributed by atoms with van der Waals surface area (Å²) in [6, 6.07) is 48.3. The lowest BCUT2D eigenvalue weighted by Crippen LogP contribution is -1.91. The van der Waals surface area contributed by atoms with E-state index in [2.05, 4.69) is 54.6 Å². The highest BCUT2D eigenvalue weighted by atomic mass is 16.3. The zero-order chi connectivity index (χ0) is 33.2. The summed E-state index contributed by atoms with van der Waals surface area (Å²) in [6.45, 7) is 0. The van der Waals surface area contributed by atoms with Crippen molar-refractivity contribution in [2.75, 3.05) is 0 Å². The van der Waals surface area contributed by atoms with Crippen LogP contribution in [0.4, 0.5) is 0 Å². The molecule has 0 aliphatic rings.